The van der Waals surface area contributed by atoms with E-state index in [1.54, 1.807) is 18.2 Å². The molecule has 1 aromatic carbocycles. The van der Waals surface area contributed by atoms with E-state index in [1.165, 1.54) is 108 Å². The average molecular weight is 807 g/mol. The molecule has 0 amide bonds. The molecule has 0 N–H and O–H groups in total. The molecule has 0 saturated carbocycles. The van der Waals surface area contributed by atoms with E-state index in [9.17, 15) is 8.42 Å². The second-order valence-corrected chi connectivity index (χ2v) is 15.0. The van der Waals surface area contributed by atoms with Gasteiger partial charge >= 0.3 is 0 Å². The van der Waals surface area contributed by atoms with Crippen molar-refractivity contribution in [1.29, 1.82) is 0 Å². The van der Waals surface area contributed by atoms with Crippen LogP contribution in [0.15, 0.2) is 35.2 Å². The van der Waals surface area contributed by atoms with Gasteiger partial charge in [0.25, 0.3) is 10.1 Å². The van der Waals surface area contributed by atoms with Crippen LogP contribution in [0, 0.1) is 0 Å². The van der Waals surface area contributed by atoms with Crippen LogP contribution in [0.5, 0.6) is 0 Å². The van der Waals surface area contributed by atoms with Crippen LogP contribution < -0.4 is 0 Å². The number of ether oxygens (including phenoxy) is 9. The van der Waals surface area contributed by atoms with Crippen molar-refractivity contribution in [3.05, 3.63) is 30.3 Å². The molecule has 55 heavy (non-hydrogen) atoms. The SMILES string of the molecule is CCCCCCCCCCCCCCCCCCOCCOCCOCCOCCOCCOCCOCCOCCOCCOS(=O)(=O)c1ccccc1. The lowest BCUT2D eigenvalue weighted by atomic mass is 10.0. The summed E-state index contributed by atoms with van der Waals surface area (Å²) in [5.74, 6) is 0. The van der Waals surface area contributed by atoms with E-state index in [0.717, 1.165) is 13.0 Å². The van der Waals surface area contributed by atoms with Crippen molar-refractivity contribution in [1.82, 2.24) is 0 Å². The summed E-state index contributed by atoms with van der Waals surface area (Å²) in [6.07, 6.45) is 22.1. The van der Waals surface area contributed by atoms with Crippen molar-refractivity contribution in [2.24, 2.45) is 0 Å². The average Bonchev–Trinajstić information content (AvgIpc) is 3.20. The van der Waals surface area contributed by atoms with E-state index >= 15 is 0 Å². The molecule has 0 radical (unpaired) electrons. The molecule has 1 aromatic rings. The highest BCUT2D eigenvalue weighted by molar-refractivity contribution is 7.86. The highest BCUT2D eigenvalue weighted by atomic mass is 32.2. The predicted molar refractivity (Wildman–Crippen MR) is 216 cm³/mol. The van der Waals surface area contributed by atoms with Gasteiger partial charge < -0.3 is 42.6 Å². The van der Waals surface area contributed by atoms with Gasteiger partial charge in [-0.2, -0.15) is 8.42 Å². The van der Waals surface area contributed by atoms with Crippen LogP contribution in [-0.4, -0.2) is 134 Å². The highest BCUT2D eigenvalue weighted by Crippen LogP contribution is 2.14. The van der Waals surface area contributed by atoms with Crippen LogP contribution in [0.3, 0.4) is 0 Å². The van der Waals surface area contributed by atoms with E-state index in [4.69, 9.17) is 46.8 Å². The minimum atomic E-state index is -3.76. The van der Waals surface area contributed by atoms with E-state index < -0.39 is 10.1 Å². The minimum absolute atomic E-state index is 0.0535. The summed E-state index contributed by atoms with van der Waals surface area (Å²) in [6, 6.07) is 8.01. The van der Waals surface area contributed by atoms with E-state index in [0.29, 0.717) is 106 Å². The van der Waals surface area contributed by atoms with Gasteiger partial charge in [-0.25, -0.2) is 0 Å². The largest absolute Gasteiger partial charge is 0.379 e. The van der Waals surface area contributed by atoms with Gasteiger partial charge in [0, 0.05) is 6.61 Å². The first-order chi connectivity index (χ1) is 27.2. The zero-order valence-electron chi connectivity index (χ0n) is 34.4. The molecule has 0 bridgehead atoms. The van der Waals surface area contributed by atoms with Crippen LogP contribution in [0.4, 0.5) is 0 Å². The molecule has 12 nitrogen and oxygen atoms in total. The Morgan fingerprint density at radius 3 is 0.891 bits per heavy atom. The molecule has 0 spiro atoms. The Balaban J connectivity index is 1.63. The summed E-state index contributed by atoms with van der Waals surface area (Å²) in [7, 11) is -3.76. The van der Waals surface area contributed by atoms with Gasteiger partial charge in [0.05, 0.1) is 124 Å². The third-order valence-electron chi connectivity index (χ3n) is 8.62. The van der Waals surface area contributed by atoms with Crippen LogP contribution in [-0.2, 0) is 56.9 Å². The maximum atomic E-state index is 12.0. The topological polar surface area (TPSA) is 126 Å². The smallest absolute Gasteiger partial charge is 0.297 e. The van der Waals surface area contributed by atoms with Gasteiger partial charge in [0.1, 0.15) is 0 Å². The van der Waals surface area contributed by atoms with Gasteiger partial charge in [-0.15, -0.1) is 0 Å². The summed E-state index contributed by atoms with van der Waals surface area (Å²) < 4.78 is 78.5. The quantitative estimate of drug-likeness (QED) is 0.0471. The monoisotopic (exact) mass is 807 g/mol. The molecule has 0 saturated heterocycles. The third-order valence-corrected chi connectivity index (χ3v) is 9.94. The summed E-state index contributed by atoms with van der Waals surface area (Å²) in [6.45, 7) is 11.1. The molecule has 13 heteroatoms. The number of hydrogen-bond donors (Lipinski definition) is 0. The fourth-order valence-electron chi connectivity index (χ4n) is 5.47. The van der Waals surface area contributed by atoms with Crippen molar-refractivity contribution in [3.63, 3.8) is 0 Å². The highest BCUT2D eigenvalue weighted by Gasteiger charge is 2.13. The first kappa shape index (κ1) is 51.8. The molecule has 0 atom stereocenters. The van der Waals surface area contributed by atoms with Crippen LogP contribution in [0.1, 0.15) is 110 Å². The van der Waals surface area contributed by atoms with Gasteiger partial charge in [-0.3, -0.25) is 4.18 Å². The molecule has 0 aliphatic heterocycles. The molecule has 1 rings (SSSR count). The zero-order chi connectivity index (χ0) is 39.4. The lowest BCUT2D eigenvalue weighted by molar-refractivity contribution is -0.0254. The van der Waals surface area contributed by atoms with Crippen molar-refractivity contribution >= 4 is 10.1 Å². The standard InChI is InChI=1S/C42H78O12S/c1-2-3-4-5-6-7-8-9-10-11-12-13-14-15-16-20-23-45-24-25-46-26-27-47-28-29-48-30-31-49-32-33-50-34-35-51-36-37-52-38-39-53-40-41-54-55(43,44)42-21-18-17-19-22-42/h17-19,21-22H,2-16,20,23-41H2,1H3. The van der Waals surface area contributed by atoms with Gasteiger partial charge in [-0.1, -0.05) is 121 Å². The second kappa shape index (κ2) is 42.4. The van der Waals surface area contributed by atoms with Crippen LogP contribution >= 0.6 is 0 Å². The van der Waals surface area contributed by atoms with Gasteiger partial charge in [-0.05, 0) is 18.6 Å². The molecule has 0 aliphatic rings. The van der Waals surface area contributed by atoms with Gasteiger partial charge in [0.15, 0.2) is 0 Å². The Bertz CT molecular complexity index is 986. The Hall–Kier alpha value is -1.23. The lowest BCUT2D eigenvalue weighted by Crippen LogP contribution is -2.15. The van der Waals surface area contributed by atoms with Crippen LogP contribution in [0.2, 0.25) is 0 Å². The maximum Gasteiger partial charge on any atom is 0.297 e. The molecule has 324 valence electrons. The lowest BCUT2D eigenvalue weighted by Gasteiger charge is -2.09. The summed E-state index contributed by atoms with van der Waals surface area (Å²) >= 11 is 0. The summed E-state index contributed by atoms with van der Waals surface area (Å²) in [5.41, 5.74) is 0. The number of benzene rings is 1. The van der Waals surface area contributed by atoms with Crippen molar-refractivity contribution in [3.8, 4) is 0 Å². The Labute approximate surface area is 335 Å². The van der Waals surface area contributed by atoms with Gasteiger partial charge in [0.2, 0.25) is 0 Å². The number of rotatable bonds is 46. The second-order valence-electron chi connectivity index (χ2n) is 13.4. The van der Waals surface area contributed by atoms with E-state index in [1.807, 2.05) is 0 Å². The maximum absolute atomic E-state index is 12.0. The zero-order valence-corrected chi connectivity index (χ0v) is 35.3. The molecule has 0 unspecified atom stereocenters. The minimum Gasteiger partial charge on any atom is -0.379 e. The summed E-state index contributed by atoms with van der Waals surface area (Å²) in [5, 5.41) is 0. The van der Waals surface area contributed by atoms with Crippen molar-refractivity contribution in [2.75, 3.05) is 126 Å². The summed E-state index contributed by atoms with van der Waals surface area (Å²) in [4.78, 5) is 0.125. The van der Waals surface area contributed by atoms with Crippen LogP contribution in [0.25, 0.3) is 0 Å². The van der Waals surface area contributed by atoms with E-state index in [-0.39, 0.29) is 18.1 Å². The normalized spacial score (nSPS) is 11.9. The fourth-order valence-corrected chi connectivity index (χ4v) is 6.39. The van der Waals surface area contributed by atoms with Crippen molar-refractivity contribution in [2.45, 2.75) is 115 Å². The third kappa shape index (κ3) is 38.1. The number of unbranched alkanes of at least 4 members (excludes halogenated alkanes) is 15. The predicted octanol–water partition coefficient (Wildman–Crippen LogP) is 7.80. The molecule has 0 aromatic heterocycles. The van der Waals surface area contributed by atoms with Crippen molar-refractivity contribution < 1.29 is 55.2 Å². The molecular formula is C42H78O12S. The first-order valence-electron chi connectivity index (χ1n) is 21.3. The number of hydrogen-bond acceptors (Lipinski definition) is 12. The molecule has 0 aliphatic carbocycles. The first-order valence-corrected chi connectivity index (χ1v) is 22.7. The fraction of sp³-hybridized carbons (Fsp3) is 0.857. The Morgan fingerprint density at radius 2 is 0.582 bits per heavy atom. The molecule has 0 heterocycles. The Kier molecular flexibility index (Phi) is 39.9. The molecular weight excluding hydrogens is 729 g/mol. The van der Waals surface area contributed by atoms with E-state index in [2.05, 4.69) is 6.92 Å². The Morgan fingerprint density at radius 1 is 0.327 bits per heavy atom. The molecule has 0 fully saturated rings.